The van der Waals surface area contributed by atoms with E-state index in [0.29, 0.717) is 0 Å². The molecule has 0 saturated carbocycles. The number of nitrogens with zero attached hydrogens (tertiary/aromatic N) is 1. The van der Waals surface area contributed by atoms with Crippen LogP contribution in [-0.2, 0) is 10.0 Å². The number of halogens is 2. The average molecular weight is 331 g/mol. The lowest BCUT2D eigenvalue weighted by Gasteiger charge is -2.09. The maximum Gasteiger partial charge on any atom is 0.335 e. The summed E-state index contributed by atoms with van der Waals surface area (Å²) in [4.78, 5) is 13.7. The fourth-order valence-electron chi connectivity index (χ4n) is 1.52. The molecule has 0 atom stereocenters. The molecule has 9 heteroatoms. The van der Waals surface area contributed by atoms with Gasteiger partial charge in [0.1, 0.15) is 15.9 Å². The molecule has 1 heterocycles. The lowest BCUT2D eigenvalue weighted by Crippen LogP contribution is -2.15. The van der Waals surface area contributed by atoms with E-state index in [9.17, 15) is 17.6 Å². The van der Waals surface area contributed by atoms with E-state index in [2.05, 4.69) is 9.71 Å². The first-order chi connectivity index (χ1) is 9.79. The molecule has 0 amide bonds. The van der Waals surface area contributed by atoms with Crippen LogP contribution < -0.4 is 4.72 Å². The SMILES string of the molecule is O=C(O)c1ccc(F)c(S(=O)(=O)Nc2ccnc(Cl)c2)c1. The number of aromatic nitrogens is 1. The fraction of sp³-hybridized carbons (Fsp3) is 0. The van der Waals surface area contributed by atoms with Crippen molar-refractivity contribution in [2.75, 3.05) is 4.72 Å². The van der Waals surface area contributed by atoms with E-state index in [4.69, 9.17) is 16.7 Å². The molecule has 6 nitrogen and oxygen atoms in total. The van der Waals surface area contributed by atoms with Gasteiger partial charge in [0, 0.05) is 6.20 Å². The first-order valence-corrected chi connectivity index (χ1v) is 7.33. The number of sulfonamides is 1. The van der Waals surface area contributed by atoms with Crippen LogP contribution in [0.5, 0.6) is 0 Å². The maximum absolute atomic E-state index is 13.7. The summed E-state index contributed by atoms with van der Waals surface area (Å²) < 4.78 is 40.0. The molecule has 0 radical (unpaired) electrons. The molecule has 0 fully saturated rings. The predicted octanol–water partition coefficient (Wildman–Crippen LogP) is 2.37. The van der Waals surface area contributed by atoms with Crippen LogP contribution in [0, 0.1) is 5.82 Å². The second kappa shape index (κ2) is 5.66. The second-order valence-corrected chi connectivity index (χ2v) is 5.96. The number of hydrogen-bond acceptors (Lipinski definition) is 4. The van der Waals surface area contributed by atoms with Crippen LogP contribution >= 0.6 is 11.6 Å². The largest absolute Gasteiger partial charge is 0.478 e. The monoisotopic (exact) mass is 330 g/mol. The van der Waals surface area contributed by atoms with Gasteiger partial charge in [0.15, 0.2) is 0 Å². The highest BCUT2D eigenvalue weighted by Crippen LogP contribution is 2.21. The molecular formula is C12H8ClFN2O4S. The maximum atomic E-state index is 13.7. The Bertz CT molecular complexity index is 811. The van der Waals surface area contributed by atoms with E-state index in [1.54, 1.807) is 0 Å². The Kier molecular flexibility index (Phi) is 4.10. The topological polar surface area (TPSA) is 96.4 Å². The van der Waals surface area contributed by atoms with E-state index in [1.807, 2.05) is 0 Å². The first kappa shape index (κ1) is 15.2. The van der Waals surface area contributed by atoms with Gasteiger partial charge in [-0.25, -0.2) is 22.6 Å². The molecule has 2 aromatic rings. The standard InChI is InChI=1S/C12H8ClFN2O4S/c13-11-6-8(3-4-15-11)16-21(19,20)10-5-7(12(17)18)1-2-9(10)14/h1-6H,(H,15,16)(H,17,18). The Morgan fingerprint density at radius 3 is 2.62 bits per heavy atom. The number of aromatic carboxylic acids is 1. The minimum absolute atomic E-state index is 0.0509. The predicted molar refractivity (Wildman–Crippen MR) is 73.4 cm³/mol. The van der Waals surface area contributed by atoms with Gasteiger partial charge < -0.3 is 5.11 Å². The lowest BCUT2D eigenvalue weighted by atomic mass is 10.2. The highest BCUT2D eigenvalue weighted by atomic mass is 35.5. The molecule has 0 spiro atoms. The van der Waals surface area contributed by atoms with E-state index in [1.165, 1.54) is 18.3 Å². The van der Waals surface area contributed by atoms with Gasteiger partial charge in [-0.15, -0.1) is 0 Å². The van der Waals surface area contributed by atoms with Gasteiger partial charge in [0.2, 0.25) is 0 Å². The minimum Gasteiger partial charge on any atom is -0.478 e. The number of hydrogen-bond donors (Lipinski definition) is 2. The van der Waals surface area contributed by atoms with E-state index in [0.717, 1.165) is 18.2 Å². The van der Waals surface area contributed by atoms with Gasteiger partial charge in [-0.3, -0.25) is 4.72 Å². The zero-order chi connectivity index (χ0) is 15.6. The highest BCUT2D eigenvalue weighted by Gasteiger charge is 2.21. The summed E-state index contributed by atoms with van der Waals surface area (Å²) in [5, 5.41) is 8.88. The van der Waals surface area contributed by atoms with Crippen molar-refractivity contribution < 1.29 is 22.7 Å². The summed E-state index contributed by atoms with van der Waals surface area (Å²) in [5.74, 6) is -2.42. The van der Waals surface area contributed by atoms with Crippen LogP contribution in [0.3, 0.4) is 0 Å². The van der Waals surface area contributed by atoms with Crippen LogP contribution in [-0.4, -0.2) is 24.5 Å². The lowest BCUT2D eigenvalue weighted by molar-refractivity contribution is 0.0696. The molecule has 0 saturated heterocycles. The molecule has 110 valence electrons. The van der Waals surface area contributed by atoms with Crippen molar-refractivity contribution >= 4 is 33.3 Å². The molecule has 1 aromatic carbocycles. The molecule has 21 heavy (non-hydrogen) atoms. The number of carbonyl (C=O) groups is 1. The van der Waals surface area contributed by atoms with Gasteiger partial charge in [0.05, 0.1) is 11.3 Å². The Hall–Kier alpha value is -2.19. The Labute approximate surface area is 124 Å². The molecule has 0 aliphatic heterocycles. The number of carboxylic acid groups (broad SMARTS) is 1. The molecule has 2 N–H and O–H groups in total. The average Bonchev–Trinajstić information content (AvgIpc) is 2.38. The van der Waals surface area contributed by atoms with Gasteiger partial charge >= 0.3 is 5.97 Å². The zero-order valence-corrected chi connectivity index (χ0v) is 11.8. The fourth-order valence-corrected chi connectivity index (χ4v) is 2.85. The van der Waals surface area contributed by atoms with Gasteiger partial charge in [-0.2, -0.15) is 0 Å². The summed E-state index contributed by atoms with van der Waals surface area (Å²) in [6.45, 7) is 0. The third kappa shape index (κ3) is 3.47. The Morgan fingerprint density at radius 1 is 1.29 bits per heavy atom. The molecule has 0 bridgehead atoms. The minimum atomic E-state index is -4.29. The van der Waals surface area contributed by atoms with Crippen LogP contribution in [0.25, 0.3) is 0 Å². The van der Waals surface area contributed by atoms with Crippen molar-refractivity contribution in [3.8, 4) is 0 Å². The van der Waals surface area contributed by atoms with E-state index >= 15 is 0 Å². The Morgan fingerprint density at radius 2 is 2.00 bits per heavy atom. The van der Waals surface area contributed by atoms with Crippen molar-refractivity contribution in [2.45, 2.75) is 4.90 Å². The molecule has 1 aromatic heterocycles. The van der Waals surface area contributed by atoms with Gasteiger partial charge in [-0.05, 0) is 30.3 Å². The quantitative estimate of drug-likeness (QED) is 0.839. The number of benzene rings is 1. The van der Waals surface area contributed by atoms with Crippen molar-refractivity contribution in [1.82, 2.24) is 4.98 Å². The van der Waals surface area contributed by atoms with Gasteiger partial charge in [-0.1, -0.05) is 11.6 Å². The third-order valence-electron chi connectivity index (χ3n) is 2.45. The summed E-state index contributed by atoms with van der Waals surface area (Å²) in [7, 11) is -4.29. The molecule has 0 unspecified atom stereocenters. The number of rotatable bonds is 4. The zero-order valence-electron chi connectivity index (χ0n) is 10.2. The number of anilines is 1. The Balaban J connectivity index is 2.44. The van der Waals surface area contributed by atoms with Crippen LogP contribution in [0.1, 0.15) is 10.4 Å². The number of nitrogens with one attached hydrogen (secondary N) is 1. The number of carboxylic acids is 1. The highest BCUT2D eigenvalue weighted by molar-refractivity contribution is 7.92. The van der Waals surface area contributed by atoms with Crippen LogP contribution in [0.4, 0.5) is 10.1 Å². The summed E-state index contributed by atoms with van der Waals surface area (Å²) >= 11 is 5.62. The molecule has 0 aliphatic rings. The summed E-state index contributed by atoms with van der Waals surface area (Å²) in [5.41, 5.74) is -0.264. The summed E-state index contributed by atoms with van der Waals surface area (Å²) in [6.07, 6.45) is 1.27. The van der Waals surface area contributed by atoms with Crippen molar-refractivity contribution in [2.24, 2.45) is 0 Å². The smallest absolute Gasteiger partial charge is 0.335 e. The normalized spacial score (nSPS) is 11.1. The molecule has 0 aliphatic carbocycles. The molecule has 2 rings (SSSR count). The first-order valence-electron chi connectivity index (χ1n) is 5.47. The van der Waals surface area contributed by atoms with E-state index in [-0.39, 0.29) is 16.4 Å². The van der Waals surface area contributed by atoms with Gasteiger partial charge in [0.25, 0.3) is 10.0 Å². The second-order valence-electron chi connectivity index (χ2n) is 3.92. The number of pyridine rings is 1. The summed E-state index contributed by atoms with van der Waals surface area (Å²) in [6, 6.07) is 5.04. The van der Waals surface area contributed by atoms with Crippen LogP contribution in [0.15, 0.2) is 41.4 Å². The van der Waals surface area contributed by atoms with Crippen molar-refractivity contribution in [3.05, 3.63) is 53.1 Å². The van der Waals surface area contributed by atoms with E-state index < -0.39 is 26.7 Å². The third-order valence-corrected chi connectivity index (χ3v) is 4.05. The van der Waals surface area contributed by atoms with Crippen molar-refractivity contribution in [1.29, 1.82) is 0 Å². The van der Waals surface area contributed by atoms with Crippen molar-refractivity contribution in [3.63, 3.8) is 0 Å². The van der Waals surface area contributed by atoms with Crippen LogP contribution in [0.2, 0.25) is 5.15 Å². The molecular weight excluding hydrogens is 323 g/mol.